The molecule has 0 amide bonds. The van der Waals surface area contributed by atoms with Gasteiger partial charge in [0.05, 0.1) is 14.6 Å². The number of thiazole rings is 1. The lowest BCUT2D eigenvalue weighted by Gasteiger charge is -2.00. The fraction of sp³-hybridized carbons (Fsp3) is 0. The highest BCUT2D eigenvalue weighted by Gasteiger charge is 2.18. The molecule has 0 aliphatic carbocycles. The van der Waals surface area contributed by atoms with Crippen LogP contribution in [0.3, 0.4) is 0 Å². The van der Waals surface area contributed by atoms with Gasteiger partial charge in [0.25, 0.3) is 10.0 Å². The van der Waals surface area contributed by atoms with Crippen molar-refractivity contribution in [3.63, 3.8) is 0 Å². The minimum Gasteiger partial charge on any atom is -0.399 e. The first-order valence-electron chi connectivity index (χ1n) is 5.38. The lowest BCUT2D eigenvalue weighted by Crippen LogP contribution is -2.10. The minimum atomic E-state index is -3.65. The van der Waals surface area contributed by atoms with Gasteiger partial charge in [-0.15, -0.1) is 11.3 Å². The van der Waals surface area contributed by atoms with Crippen LogP contribution in [0, 0.1) is 0 Å². The number of aromatic nitrogens is 1. The highest BCUT2D eigenvalue weighted by molar-refractivity contribution is 7.95. The third kappa shape index (κ3) is 2.59. The largest absolute Gasteiger partial charge is 0.399 e. The second-order valence-corrected chi connectivity index (χ2v) is 8.57. The summed E-state index contributed by atoms with van der Waals surface area (Å²) in [4.78, 5) is 4.22. The Labute approximate surface area is 128 Å². The van der Waals surface area contributed by atoms with Crippen LogP contribution < -0.4 is 10.5 Å². The molecule has 9 heteroatoms. The van der Waals surface area contributed by atoms with Crippen molar-refractivity contribution in [1.82, 2.24) is 4.98 Å². The average molecular weight is 346 g/mol. The van der Waals surface area contributed by atoms with Crippen LogP contribution in [0.1, 0.15) is 0 Å². The fourth-order valence-corrected chi connectivity index (χ4v) is 5.22. The van der Waals surface area contributed by atoms with Crippen LogP contribution in [0.4, 0.5) is 10.8 Å². The van der Waals surface area contributed by atoms with Crippen LogP contribution >= 0.6 is 34.3 Å². The Morgan fingerprint density at radius 2 is 2.00 bits per heavy atom. The number of rotatable bonds is 3. The molecule has 0 fully saturated rings. The summed E-state index contributed by atoms with van der Waals surface area (Å²) in [7, 11) is -3.65. The maximum absolute atomic E-state index is 12.1. The zero-order valence-corrected chi connectivity index (χ0v) is 13.0. The van der Waals surface area contributed by atoms with Gasteiger partial charge in [-0.25, -0.2) is 13.4 Å². The number of nitrogens with two attached hydrogens (primary N) is 1. The van der Waals surface area contributed by atoms with Gasteiger partial charge in [-0.1, -0.05) is 22.9 Å². The van der Waals surface area contributed by atoms with E-state index in [2.05, 4.69) is 9.71 Å². The van der Waals surface area contributed by atoms with E-state index in [1.54, 1.807) is 24.3 Å². The zero-order valence-electron chi connectivity index (χ0n) is 9.83. The number of benzene rings is 1. The molecule has 0 saturated heterocycles. The van der Waals surface area contributed by atoms with E-state index < -0.39 is 10.0 Å². The van der Waals surface area contributed by atoms with Gasteiger partial charge >= 0.3 is 0 Å². The Morgan fingerprint density at radius 3 is 2.70 bits per heavy atom. The van der Waals surface area contributed by atoms with Gasteiger partial charge < -0.3 is 5.73 Å². The van der Waals surface area contributed by atoms with E-state index in [4.69, 9.17) is 17.3 Å². The Balaban J connectivity index is 1.96. The van der Waals surface area contributed by atoms with Crippen molar-refractivity contribution in [3.8, 4) is 0 Å². The van der Waals surface area contributed by atoms with E-state index in [9.17, 15) is 8.42 Å². The van der Waals surface area contributed by atoms with Crippen molar-refractivity contribution in [2.45, 2.75) is 4.21 Å². The summed E-state index contributed by atoms with van der Waals surface area (Å²) >= 11 is 7.98. The van der Waals surface area contributed by atoms with Gasteiger partial charge in [-0.05, 0) is 30.3 Å². The van der Waals surface area contributed by atoms with Crippen molar-refractivity contribution in [3.05, 3.63) is 34.7 Å². The molecule has 20 heavy (non-hydrogen) atoms. The molecule has 0 saturated carbocycles. The van der Waals surface area contributed by atoms with Crippen LogP contribution in [0.15, 0.2) is 34.5 Å². The molecule has 5 nitrogen and oxygen atoms in total. The molecule has 0 bridgehead atoms. The first-order chi connectivity index (χ1) is 9.44. The monoisotopic (exact) mass is 345 g/mol. The number of nitrogens with one attached hydrogen (secondary N) is 1. The normalized spacial score (nSPS) is 11.8. The van der Waals surface area contributed by atoms with Crippen molar-refractivity contribution in [2.24, 2.45) is 0 Å². The van der Waals surface area contributed by atoms with E-state index in [0.717, 1.165) is 16.0 Å². The van der Waals surface area contributed by atoms with Crippen molar-refractivity contribution < 1.29 is 8.42 Å². The fourth-order valence-electron chi connectivity index (χ4n) is 1.59. The molecule has 0 unspecified atom stereocenters. The number of nitrogen functional groups attached to an aromatic ring is 1. The Bertz CT molecular complexity index is 885. The maximum atomic E-state index is 12.1. The van der Waals surface area contributed by atoms with E-state index in [1.807, 2.05) is 0 Å². The molecular weight excluding hydrogens is 338 g/mol. The standard InChI is InChI=1S/C11H8ClN3O2S3/c12-9-3-4-10(19-9)20(16,17)15-11-14-7-2-1-6(13)5-8(7)18-11/h1-5H,13H2,(H,14,15). The molecule has 0 spiro atoms. The van der Waals surface area contributed by atoms with Crippen LogP contribution in [-0.2, 0) is 10.0 Å². The summed E-state index contributed by atoms with van der Waals surface area (Å²) in [5, 5.41) is 0.301. The Hall–Kier alpha value is -1.35. The van der Waals surface area contributed by atoms with Crippen LogP contribution in [0.25, 0.3) is 10.2 Å². The topological polar surface area (TPSA) is 85.1 Å². The molecule has 3 rings (SSSR count). The van der Waals surface area contributed by atoms with Gasteiger partial charge in [-0.3, -0.25) is 4.72 Å². The second-order valence-electron chi connectivity index (χ2n) is 3.91. The van der Waals surface area contributed by atoms with Gasteiger partial charge in [0.15, 0.2) is 5.13 Å². The van der Waals surface area contributed by atoms with Gasteiger partial charge in [0.2, 0.25) is 0 Å². The summed E-state index contributed by atoms with van der Waals surface area (Å²) in [6.07, 6.45) is 0. The van der Waals surface area contributed by atoms with Crippen LogP contribution in [-0.4, -0.2) is 13.4 Å². The summed E-state index contributed by atoms with van der Waals surface area (Å²) in [5.41, 5.74) is 6.99. The van der Waals surface area contributed by atoms with E-state index in [-0.39, 0.29) is 4.21 Å². The number of nitrogens with zero attached hydrogens (tertiary/aromatic N) is 1. The number of thiophene rings is 1. The van der Waals surface area contributed by atoms with E-state index >= 15 is 0 Å². The number of hydrogen-bond donors (Lipinski definition) is 2. The Kier molecular flexibility index (Phi) is 3.33. The summed E-state index contributed by atoms with van der Waals surface area (Å²) in [5.74, 6) is 0. The lowest BCUT2D eigenvalue weighted by molar-refractivity contribution is 0.603. The summed E-state index contributed by atoms with van der Waals surface area (Å²) in [6, 6.07) is 8.23. The third-order valence-corrected chi connectivity index (χ3v) is 6.57. The Morgan fingerprint density at radius 1 is 1.20 bits per heavy atom. The van der Waals surface area contributed by atoms with Gasteiger partial charge in [0, 0.05) is 5.69 Å². The number of hydrogen-bond acceptors (Lipinski definition) is 6. The van der Waals surface area contributed by atoms with Crippen molar-refractivity contribution in [2.75, 3.05) is 10.5 Å². The summed E-state index contributed by atoms with van der Waals surface area (Å²) < 4.78 is 28.1. The smallest absolute Gasteiger partial charge is 0.273 e. The first-order valence-corrected chi connectivity index (χ1v) is 8.88. The van der Waals surface area contributed by atoms with E-state index in [0.29, 0.717) is 20.7 Å². The number of halogens is 1. The van der Waals surface area contributed by atoms with Crippen LogP contribution in [0.2, 0.25) is 4.34 Å². The molecule has 1 aromatic carbocycles. The predicted octanol–water partition coefficient (Wildman–Crippen LogP) is 3.39. The van der Waals surface area contributed by atoms with Crippen molar-refractivity contribution >= 4 is 65.3 Å². The molecule has 3 aromatic rings. The second kappa shape index (κ2) is 4.88. The highest BCUT2D eigenvalue weighted by atomic mass is 35.5. The van der Waals surface area contributed by atoms with E-state index in [1.165, 1.54) is 17.4 Å². The SMILES string of the molecule is Nc1ccc2nc(NS(=O)(=O)c3ccc(Cl)s3)sc2c1. The third-order valence-electron chi connectivity index (χ3n) is 2.45. The molecule has 0 aliphatic heterocycles. The molecule has 0 radical (unpaired) electrons. The van der Waals surface area contributed by atoms with Gasteiger partial charge in [-0.2, -0.15) is 0 Å². The molecule has 2 aromatic heterocycles. The first kappa shape index (κ1) is 13.6. The predicted molar refractivity (Wildman–Crippen MR) is 84.2 cm³/mol. The quantitative estimate of drug-likeness (QED) is 0.712. The van der Waals surface area contributed by atoms with Crippen molar-refractivity contribution in [1.29, 1.82) is 0 Å². The molecular formula is C11H8ClN3O2S3. The number of sulfonamides is 1. The van der Waals surface area contributed by atoms with Crippen LogP contribution in [0.5, 0.6) is 0 Å². The number of anilines is 2. The molecule has 3 N–H and O–H groups in total. The molecule has 0 aliphatic rings. The van der Waals surface area contributed by atoms with Gasteiger partial charge in [0.1, 0.15) is 4.21 Å². The zero-order chi connectivity index (χ0) is 14.3. The molecule has 104 valence electrons. The molecule has 2 heterocycles. The maximum Gasteiger partial charge on any atom is 0.273 e. The minimum absolute atomic E-state index is 0.154. The summed E-state index contributed by atoms with van der Waals surface area (Å²) in [6.45, 7) is 0. The average Bonchev–Trinajstić information content (AvgIpc) is 2.94. The molecule has 0 atom stereocenters. The highest BCUT2D eigenvalue weighted by Crippen LogP contribution is 2.31. The number of fused-ring (bicyclic) bond motifs is 1. The lowest BCUT2D eigenvalue weighted by atomic mass is 10.3.